The van der Waals surface area contributed by atoms with Crippen LogP contribution in [0, 0.1) is 59.2 Å². The van der Waals surface area contributed by atoms with E-state index in [4.69, 9.17) is 4.42 Å². The van der Waals surface area contributed by atoms with Crippen molar-refractivity contribution in [1.29, 1.82) is 0 Å². The Morgan fingerprint density at radius 1 is 0.488 bits per heavy atom. The summed E-state index contributed by atoms with van der Waals surface area (Å²) in [5.41, 5.74) is 6.21. The number of furan rings is 1. The van der Waals surface area contributed by atoms with Crippen LogP contribution in [0.1, 0.15) is 95.0 Å². The molecule has 1 aromatic heterocycles. The topological polar surface area (TPSA) is 13.1 Å². The Morgan fingerprint density at radius 3 is 1.88 bits per heavy atom. The third-order valence-corrected chi connectivity index (χ3v) is 14.7. The van der Waals surface area contributed by atoms with Crippen LogP contribution in [0.5, 0.6) is 0 Å². The molecular weight excluding hydrogens is 520 g/mol. The van der Waals surface area contributed by atoms with E-state index in [1.165, 1.54) is 60.4 Å². The van der Waals surface area contributed by atoms with Crippen LogP contribution in [0.25, 0.3) is 33.1 Å². The zero-order valence-electron chi connectivity index (χ0n) is 25.8. The van der Waals surface area contributed by atoms with Crippen molar-refractivity contribution in [2.24, 2.45) is 59.2 Å². The van der Waals surface area contributed by atoms with Crippen molar-refractivity contribution in [2.45, 2.75) is 89.4 Å². The van der Waals surface area contributed by atoms with E-state index in [1.807, 2.05) is 0 Å². The Kier molecular flexibility index (Phi) is 5.98. The van der Waals surface area contributed by atoms with E-state index in [0.29, 0.717) is 0 Å². The van der Waals surface area contributed by atoms with Gasteiger partial charge in [0.25, 0.3) is 0 Å². The Hall–Kier alpha value is -2.54. The minimum Gasteiger partial charge on any atom is -0.455 e. The number of hydrogen-bond acceptors (Lipinski definition) is 1. The molecule has 0 spiro atoms. The molecule has 3 aromatic carbocycles. The molecule has 11 unspecified atom stereocenters. The first-order valence-electron chi connectivity index (χ1n) is 18.3. The molecule has 43 heavy (non-hydrogen) atoms. The largest absolute Gasteiger partial charge is 0.455 e. The van der Waals surface area contributed by atoms with Crippen LogP contribution >= 0.6 is 0 Å². The summed E-state index contributed by atoms with van der Waals surface area (Å²) in [5, 5.41) is 2.46. The first kappa shape index (κ1) is 25.8. The standard InChI is InChI=1S/C42H48O/c1-2-12-30-29(11-1)33-15-7-17-35-31-22-21-26(24-38(31)36-18-8-16-34(30)41(36)40(33)35)25-9-5-10-27(23-25)28-14-6-19-37-32-13-3-4-20-39(32)43-42(28)37/h3-6,9-10,13-14,19-20,23,26,29-31,33-36,38,40-41H,1-2,7-8,11-12,15-18,21-22,24H2. The van der Waals surface area contributed by atoms with Crippen LogP contribution in [0.3, 0.4) is 0 Å². The lowest BCUT2D eigenvalue weighted by Gasteiger charge is -2.67. The van der Waals surface area contributed by atoms with Gasteiger partial charge < -0.3 is 4.42 Å². The summed E-state index contributed by atoms with van der Waals surface area (Å²) >= 11 is 0. The quantitative estimate of drug-likeness (QED) is 0.234. The first-order chi connectivity index (χ1) is 21.3. The average molecular weight is 569 g/mol. The van der Waals surface area contributed by atoms with Crippen LogP contribution < -0.4 is 0 Å². The number of para-hydroxylation sites is 2. The van der Waals surface area contributed by atoms with Crippen molar-refractivity contribution in [3.8, 4) is 11.1 Å². The molecule has 222 valence electrons. The molecule has 11 atom stereocenters. The second kappa shape index (κ2) is 9.98. The molecule has 4 aromatic rings. The molecule has 1 heteroatoms. The fourth-order valence-electron chi connectivity index (χ4n) is 13.5. The predicted octanol–water partition coefficient (Wildman–Crippen LogP) is 11.7. The lowest BCUT2D eigenvalue weighted by atomic mass is 9.37. The highest BCUT2D eigenvalue weighted by molar-refractivity contribution is 6.09. The van der Waals surface area contributed by atoms with Crippen molar-refractivity contribution in [1.82, 2.24) is 0 Å². The zero-order chi connectivity index (χ0) is 28.1. The molecule has 1 nitrogen and oxygen atoms in total. The minimum absolute atomic E-state index is 0.721. The summed E-state index contributed by atoms with van der Waals surface area (Å²) in [6.45, 7) is 0. The predicted molar refractivity (Wildman–Crippen MR) is 177 cm³/mol. The van der Waals surface area contributed by atoms with Gasteiger partial charge in [-0.3, -0.25) is 0 Å². The van der Waals surface area contributed by atoms with E-state index in [2.05, 4.69) is 66.7 Å². The normalized spacial score (nSPS) is 40.0. The van der Waals surface area contributed by atoms with Gasteiger partial charge in [0, 0.05) is 16.3 Å². The second-order valence-electron chi connectivity index (χ2n) is 16.0. The van der Waals surface area contributed by atoms with E-state index in [9.17, 15) is 0 Å². The van der Waals surface area contributed by atoms with Gasteiger partial charge in [-0.1, -0.05) is 86.3 Å². The number of benzene rings is 3. The van der Waals surface area contributed by atoms with Gasteiger partial charge in [-0.25, -0.2) is 0 Å². The summed E-state index contributed by atoms with van der Waals surface area (Å²) < 4.78 is 6.47. The van der Waals surface area contributed by atoms with Crippen molar-refractivity contribution in [2.75, 3.05) is 0 Å². The van der Waals surface area contributed by atoms with Crippen LogP contribution in [0.4, 0.5) is 0 Å². The molecule has 6 aliphatic carbocycles. The molecular formula is C42H48O. The molecule has 0 radical (unpaired) electrons. The summed E-state index contributed by atoms with van der Waals surface area (Å²) in [5.74, 6) is 11.4. The Labute approximate surface area is 257 Å². The van der Waals surface area contributed by atoms with E-state index >= 15 is 0 Å². The van der Waals surface area contributed by atoms with E-state index in [-0.39, 0.29) is 0 Å². The monoisotopic (exact) mass is 568 g/mol. The van der Waals surface area contributed by atoms with Gasteiger partial charge in [-0.05, 0) is 140 Å². The summed E-state index contributed by atoms with van der Waals surface area (Å²) in [6, 6.07) is 24.9. The van der Waals surface area contributed by atoms with Crippen LogP contribution in [0.15, 0.2) is 71.1 Å². The molecule has 6 saturated carbocycles. The lowest BCUT2D eigenvalue weighted by Crippen LogP contribution is -2.61. The molecule has 0 bridgehead atoms. The van der Waals surface area contributed by atoms with E-state index < -0.39 is 0 Å². The van der Waals surface area contributed by atoms with Gasteiger partial charge in [0.05, 0.1) is 0 Å². The molecule has 0 saturated heterocycles. The van der Waals surface area contributed by atoms with Gasteiger partial charge in [-0.2, -0.15) is 0 Å². The van der Waals surface area contributed by atoms with Crippen molar-refractivity contribution < 1.29 is 4.42 Å². The fourth-order valence-corrected chi connectivity index (χ4v) is 13.5. The molecule has 0 amide bonds. The van der Waals surface area contributed by atoms with Gasteiger partial charge in [0.2, 0.25) is 0 Å². The Balaban J connectivity index is 0.988. The maximum absolute atomic E-state index is 6.47. The van der Waals surface area contributed by atoms with Gasteiger partial charge in [-0.15, -0.1) is 0 Å². The van der Waals surface area contributed by atoms with Crippen LogP contribution in [0.2, 0.25) is 0 Å². The number of rotatable bonds is 2. The first-order valence-corrected chi connectivity index (χ1v) is 18.3. The number of hydrogen-bond donors (Lipinski definition) is 0. The van der Waals surface area contributed by atoms with E-state index in [0.717, 1.165) is 76.3 Å². The summed E-state index contributed by atoms with van der Waals surface area (Å²) in [6.07, 6.45) is 19.9. The van der Waals surface area contributed by atoms with Crippen molar-refractivity contribution in [3.05, 3.63) is 72.3 Å². The summed E-state index contributed by atoms with van der Waals surface area (Å²) in [7, 11) is 0. The van der Waals surface area contributed by atoms with Crippen molar-refractivity contribution in [3.63, 3.8) is 0 Å². The van der Waals surface area contributed by atoms with E-state index in [1.54, 1.807) is 50.5 Å². The highest BCUT2D eigenvalue weighted by Crippen LogP contribution is 2.69. The van der Waals surface area contributed by atoms with Crippen LogP contribution in [-0.4, -0.2) is 0 Å². The van der Waals surface area contributed by atoms with Crippen LogP contribution in [-0.2, 0) is 0 Å². The molecule has 6 aliphatic rings. The molecule has 0 N–H and O–H groups in total. The molecule has 0 aliphatic heterocycles. The zero-order valence-corrected chi connectivity index (χ0v) is 25.8. The second-order valence-corrected chi connectivity index (χ2v) is 16.0. The molecule has 1 heterocycles. The Morgan fingerprint density at radius 2 is 1.12 bits per heavy atom. The van der Waals surface area contributed by atoms with Gasteiger partial charge >= 0.3 is 0 Å². The number of fused-ring (bicyclic) bond motifs is 9. The van der Waals surface area contributed by atoms with Crippen molar-refractivity contribution >= 4 is 21.9 Å². The SMILES string of the molecule is c1cc(-c2cccc3c2oc2ccccc23)cc(C2CCC3C(C2)C2CCCC4C5CCCCC5C5CCCC3C5C42)c1. The third-order valence-electron chi connectivity index (χ3n) is 14.7. The highest BCUT2D eigenvalue weighted by atomic mass is 16.3. The van der Waals surface area contributed by atoms with Gasteiger partial charge in [0.15, 0.2) is 0 Å². The smallest absolute Gasteiger partial charge is 0.143 e. The lowest BCUT2D eigenvalue weighted by molar-refractivity contribution is -0.188. The highest BCUT2D eigenvalue weighted by Gasteiger charge is 2.62. The minimum atomic E-state index is 0.721. The van der Waals surface area contributed by atoms with Gasteiger partial charge in [0.1, 0.15) is 11.2 Å². The Bertz CT molecular complexity index is 1660. The third kappa shape index (κ3) is 3.82. The fraction of sp³-hybridized carbons (Fsp3) is 0.571. The maximum atomic E-state index is 6.47. The molecule has 10 rings (SSSR count). The molecule has 6 fully saturated rings. The summed E-state index contributed by atoms with van der Waals surface area (Å²) in [4.78, 5) is 0. The maximum Gasteiger partial charge on any atom is 0.143 e. The average Bonchev–Trinajstić information content (AvgIpc) is 3.47.